The van der Waals surface area contributed by atoms with Gasteiger partial charge in [0.25, 0.3) is 0 Å². The highest BCUT2D eigenvalue weighted by atomic mass is 79.9. The summed E-state index contributed by atoms with van der Waals surface area (Å²) in [7, 11) is 0. The number of hydrogen-bond donors (Lipinski definition) is 0. The number of nitrogens with zero attached hydrogens (tertiary/aromatic N) is 3. The van der Waals surface area contributed by atoms with Crippen molar-refractivity contribution in [3.63, 3.8) is 0 Å². The van der Waals surface area contributed by atoms with Gasteiger partial charge in [0.2, 0.25) is 0 Å². The molecular formula is C15H11BrClN3. The van der Waals surface area contributed by atoms with Gasteiger partial charge in [-0.15, -0.1) is 0 Å². The lowest BCUT2D eigenvalue weighted by Crippen LogP contribution is -1.98. The molecule has 5 heteroatoms. The summed E-state index contributed by atoms with van der Waals surface area (Å²) >= 11 is 9.61. The highest BCUT2D eigenvalue weighted by Crippen LogP contribution is 2.30. The Kier molecular flexibility index (Phi) is 3.68. The third kappa shape index (κ3) is 2.30. The number of hydrogen-bond acceptors (Lipinski definition) is 3. The van der Waals surface area contributed by atoms with Crippen molar-refractivity contribution in [1.82, 2.24) is 15.0 Å². The van der Waals surface area contributed by atoms with Crippen LogP contribution in [0, 0.1) is 0 Å². The fourth-order valence-corrected chi connectivity index (χ4v) is 2.76. The number of halogens is 2. The van der Waals surface area contributed by atoms with Crippen molar-refractivity contribution in [3.8, 4) is 11.4 Å². The van der Waals surface area contributed by atoms with Gasteiger partial charge >= 0.3 is 0 Å². The number of fused-ring (bicyclic) bond motifs is 1. The lowest BCUT2D eigenvalue weighted by Gasteiger charge is -2.08. The molecule has 2 aromatic heterocycles. The van der Waals surface area contributed by atoms with Gasteiger partial charge in [0.1, 0.15) is 5.15 Å². The maximum atomic E-state index is 6.19. The number of aromatic nitrogens is 3. The van der Waals surface area contributed by atoms with Crippen LogP contribution >= 0.6 is 27.5 Å². The molecule has 0 saturated carbocycles. The first-order chi connectivity index (χ1) is 9.70. The van der Waals surface area contributed by atoms with Crippen LogP contribution in [0.3, 0.4) is 0 Å². The molecule has 0 aliphatic rings. The Morgan fingerprint density at radius 3 is 2.75 bits per heavy atom. The average Bonchev–Trinajstić information content (AvgIpc) is 2.49. The van der Waals surface area contributed by atoms with Crippen LogP contribution in [0.15, 0.2) is 41.0 Å². The van der Waals surface area contributed by atoms with Gasteiger partial charge in [-0.2, -0.15) is 0 Å². The van der Waals surface area contributed by atoms with Crippen molar-refractivity contribution in [2.24, 2.45) is 0 Å². The number of para-hydroxylation sites is 1. The summed E-state index contributed by atoms with van der Waals surface area (Å²) in [6.07, 6.45) is 2.56. The van der Waals surface area contributed by atoms with Crippen LogP contribution in [-0.4, -0.2) is 15.0 Å². The second-order valence-electron chi connectivity index (χ2n) is 4.33. The number of aryl methyl sites for hydroxylation is 1. The lowest BCUT2D eigenvalue weighted by molar-refractivity contribution is 0.991. The van der Waals surface area contributed by atoms with Crippen LogP contribution in [0.5, 0.6) is 0 Å². The zero-order chi connectivity index (χ0) is 14.1. The van der Waals surface area contributed by atoms with Gasteiger partial charge in [0, 0.05) is 17.1 Å². The smallest absolute Gasteiger partial charge is 0.161 e. The summed E-state index contributed by atoms with van der Waals surface area (Å²) in [6.45, 7) is 2.04. The topological polar surface area (TPSA) is 38.7 Å². The van der Waals surface area contributed by atoms with Crippen LogP contribution in [0.1, 0.15) is 12.6 Å². The second kappa shape index (κ2) is 5.46. The van der Waals surface area contributed by atoms with E-state index in [0.29, 0.717) is 11.0 Å². The SMILES string of the molecule is CCc1nc(-c2ccnc3ccccc23)nc(Cl)c1Br. The zero-order valence-electron chi connectivity index (χ0n) is 10.8. The Bertz CT molecular complexity index is 784. The quantitative estimate of drug-likeness (QED) is 0.632. The summed E-state index contributed by atoms with van der Waals surface area (Å²) in [4.78, 5) is 13.3. The van der Waals surface area contributed by atoms with Crippen LogP contribution in [0.4, 0.5) is 0 Å². The van der Waals surface area contributed by atoms with Crippen molar-refractivity contribution in [2.45, 2.75) is 13.3 Å². The molecule has 0 radical (unpaired) electrons. The standard InChI is InChI=1S/C15H11BrClN3/c1-2-11-13(16)14(17)20-15(19-11)10-7-8-18-12-6-4-3-5-9(10)12/h3-8H,2H2,1H3. The van der Waals surface area contributed by atoms with E-state index in [1.54, 1.807) is 6.20 Å². The van der Waals surface area contributed by atoms with E-state index in [0.717, 1.165) is 33.1 Å². The van der Waals surface area contributed by atoms with Gasteiger partial charge < -0.3 is 0 Å². The minimum atomic E-state index is 0.438. The number of pyridine rings is 1. The third-order valence-electron chi connectivity index (χ3n) is 3.10. The van der Waals surface area contributed by atoms with Crippen molar-refractivity contribution >= 4 is 38.4 Å². The van der Waals surface area contributed by atoms with E-state index in [1.807, 2.05) is 37.3 Å². The fraction of sp³-hybridized carbons (Fsp3) is 0.133. The average molecular weight is 349 g/mol. The van der Waals surface area contributed by atoms with E-state index in [2.05, 4.69) is 30.9 Å². The monoisotopic (exact) mass is 347 g/mol. The highest BCUT2D eigenvalue weighted by Gasteiger charge is 2.13. The molecule has 0 amide bonds. The number of rotatable bonds is 2. The molecule has 100 valence electrons. The van der Waals surface area contributed by atoms with Crippen molar-refractivity contribution < 1.29 is 0 Å². The molecule has 0 aliphatic heterocycles. The van der Waals surface area contributed by atoms with Crippen LogP contribution in [-0.2, 0) is 6.42 Å². The summed E-state index contributed by atoms with van der Waals surface area (Å²) < 4.78 is 0.767. The molecule has 0 fully saturated rings. The van der Waals surface area contributed by atoms with Crippen molar-refractivity contribution in [3.05, 3.63) is 51.8 Å². The first kappa shape index (κ1) is 13.5. The maximum absolute atomic E-state index is 6.19. The zero-order valence-corrected chi connectivity index (χ0v) is 13.1. The third-order valence-corrected chi connectivity index (χ3v) is 4.44. The molecule has 3 nitrogen and oxygen atoms in total. The Balaban J connectivity index is 2.28. The van der Waals surface area contributed by atoms with Crippen LogP contribution in [0.25, 0.3) is 22.3 Å². The highest BCUT2D eigenvalue weighted by molar-refractivity contribution is 9.10. The molecule has 3 aromatic rings. The van der Waals surface area contributed by atoms with E-state index in [4.69, 9.17) is 11.6 Å². The summed E-state index contributed by atoms with van der Waals surface area (Å²) in [6, 6.07) is 9.85. The molecule has 0 aliphatic carbocycles. The summed E-state index contributed by atoms with van der Waals surface area (Å²) in [5.41, 5.74) is 2.77. The van der Waals surface area contributed by atoms with E-state index in [-0.39, 0.29) is 0 Å². The van der Waals surface area contributed by atoms with Gasteiger partial charge in [-0.05, 0) is 34.5 Å². The fourth-order valence-electron chi connectivity index (χ4n) is 2.11. The Morgan fingerprint density at radius 2 is 1.95 bits per heavy atom. The molecule has 3 rings (SSSR count). The summed E-state index contributed by atoms with van der Waals surface area (Å²) in [5.74, 6) is 0.633. The first-order valence-corrected chi connectivity index (χ1v) is 7.44. The molecular weight excluding hydrogens is 338 g/mol. The molecule has 2 heterocycles. The van der Waals surface area contributed by atoms with Crippen LogP contribution in [0.2, 0.25) is 5.15 Å². The van der Waals surface area contributed by atoms with Gasteiger partial charge in [-0.3, -0.25) is 4.98 Å². The van der Waals surface area contributed by atoms with Gasteiger partial charge in [0.05, 0.1) is 15.7 Å². The van der Waals surface area contributed by atoms with Crippen molar-refractivity contribution in [2.75, 3.05) is 0 Å². The minimum absolute atomic E-state index is 0.438. The van der Waals surface area contributed by atoms with Gasteiger partial charge in [0.15, 0.2) is 5.82 Å². The normalized spacial score (nSPS) is 10.9. The Morgan fingerprint density at radius 1 is 1.15 bits per heavy atom. The predicted molar refractivity (Wildman–Crippen MR) is 84.9 cm³/mol. The largest absolute Gasteiger partial charge is 0.256 e. The van der Waals surface area contributed by atoms with E-state index >= 15 is 0 Å². The molecule has 20 heavy (non-hydrogen) atoms. The predicted octanol–water partition coefficient (Wildman–Crippen LogP) is 4.67. The Labute approximate surface area is 130 Å². The molecule has 0 bridgehead atoms. The lowest BCUT2D eigenvalue weighted by atomic mass is 10.1. The molecule has 0 unspecified atom stereocenters. The molecule has 0 spiro atoms. The van der Waals surface area contributed by atoms with E-state index in [1.165, 1.54) is 0 Å². The number of benzene rings is 1. The molecule has 0 atom stereocenters. The first-order valence-electron chi connectivity index (χ1n) is 6.26. The van der Waals surface area contributed by atoms with Crippen LogP contribution < -0.4 is 0 Å². The van der Waals surface area contributed by atoms with Gasteiger partial charge in [-0.25, -0.2) is 9.97 Å². The van der Waals surface area contributed by atoms with E-state index < -0.39 is 0 Å². The van der Waals surface area contributed by atoms with Gasteiger partial charge in [-0.1, -0.05) is 36.7 Å². The second-order valence-corrected chi connectivity index (χ2v) is 5.48. The maximum Gasteiger partial charge on any atom is 0.161 e. The van der Waals surface area contributed by atoms with E-state index in [9.17, 15) is 0 Å². The molecule has 0 saturated heterocycles. The summed E-state index contributed by atoms with van der Waals surface area (Å²) in [5, 5.41) is 1.46. The minimum Gasteiger partial charge on any atom is -0.256 e. The Hall–Kier alpha value is -1.52. The van der Waals surface area contributed by atoms with Crippen molar-refractivity contribution in [1.29, 1.82) is 0 Å². The molecule has 0 N–H and O–H groups in total. The molecule has 1 aromatic carbocycles.